The lowest BCUT2D eigenvalue weighted by Gasteiger charge is -1.93. The molecule has 0 atom stereocenters. The third-order valence-electron chi connectivity index (χ3n) is 1.68. The molecule has 0 amide bonds. The fourth-order valence-corrected chi connectivity index (χ4v) is 1.20. The van der Waals surface area contributed by atoms with Gasteiger partial charge < -0.3 is 5.73 Å². The molecule has 1 heterocycles. The second kappa shape index (κ2) is 1.84. The highest BCUT2D eigenvalue weighted by Crippen LogP contribution is 2.19. The standard InChI is InChI=1S/C8H8N2/c9-8-3-6-1-2-10-5-7(6)4-8/h1-2,4-5H,3,9H2. The molecule has 0 aliphatic heterocycles. The van der Waals surface area contributed by atoms with E-state index < -0.39 is 0 Å². The zero-order valence-corrected chi connectivity index (χ0v) is 5.54. The molecule has 1 aliphatic rings. The van der Waals surface area contributed by atoms with E-state index >= 15 is 0 Å². The van der Waals surface area contributed by atoms with Crippen LogP contribution in [0.15, 0.2) is 24.2 Å². The summed E-state index contributed by atoms with van der Waals surface area (Å²) in [5, 5.41) is 0. The average Bonchev–Trinajstić information content (AvgIpc) is 2.27. The Labute approximate surface area is 59.4 Å². The van der Waals surface area contributed by atoms with Gasteiger partial charge in [-0.15, -0.1) is 0 Å². The van der Waals surface area contributed by atoms with Crippen LogP contribution >= 0.6 is 0 Å². The Kier molecular flexibility index (Phi) is 1.01. The minimum atomic E-state index is 0.887. The molecule has 0 spiro atoms. The maximum atomic E-state index is 5.62. The minimum absolute atomic E-state index is 0.887. The molecule has 50 valence electrons. The van der Waals surface area contributed by atoms with Gasteiger partial charge in [-0.05, 0) is 23.3 Å². The number of pyridine rings is 1. The fourth-order valence-electron chi connectivity index (χ4n) is 1.20. The van der Waals surface area contributed by atoms with Crippen LogP contribution in [0.25, 0.3) is 6.08 Å². The Bertz CT molecular complexity index is 289. The normalized spacial score (nSPS) is 14.6. The molecule has 0 saturated heterocycles. The Morgan fingerprint density at radius 2 is 2.40 bits per heavy atom. The van der Waals surface area contributed by atoms with E-state index in [1.54, 1.807) is 6.20 Å². The van der Waals surface area contributed by atoms with Crippen molar-refractivity contribution in [1.29, 1.82) is 0 Å². The molecule has 0 fully saturated rings. The second-order valence-corrected chi connectivity index (χ2v) is 2.47. The summed E-state index contributed by atoms with van der Waals surface area (Å²) in [6, 6.07) is 2.01. The number of nitrogens with two attached hydrogens (primary N) is 1. The number of rotatable bonds is 0. The average molecular weight is 132 g/mol. The van der Waals surface area contributed by atoms with Gasteiger partial charge >= 0.3 is 0 Å². The Balaban J connectivity index is 2.54. The summed E-state index contributed by atoms with van der Waals surface area (Å²) in [6.45, 7) is 0. The van der Waals surface area contributed by atoms with Gasteiger partial charge in [-0.25, -0.2) is 0 Å². The lowest BCUT2D eigenvalue weighted by molar-refractivity contribution is 1.14. The van der Waals surface area contributed by atoms with Crippen molar-refractivity contribution >= 4 is 6.08 Å². The predicted octanol–water partition coefficient (Wildman–Crippen LogP) is 0.937. The maximum absolute atomic E-state index is 5.62. The van der Waals surface area contributed by atoms with Gasteiger partial charge in [0.2, 0.25) is 0 Å². The summed E-state index contributed by atoms with van der Waals surface area (Å²) >= 11 is 0. The smallest absolute Gasteiger partial charge is 0.0343 e. The molecular formula is C8H8N2. The number of aromatic nitrogens is 1. The highest BCUT2D eigenvalue weighted by Gasteiger charge is 2.07. The van der Waals surface area contributed by atoms with Crippen LogP contribution in [0, 0.1) is 0 Å². The van der Waals surface area contributed by atoms with Crippen molar-refractivity contribution in [2.24, 2.45) is 5.73 Å². The lowest BCUT2D eigenvalue weighted by Crippen LogP contribution is -1.94. The summed E-state index contributed by atoms with van der Waals surface area (Å²) in [7, 11) is 0. The van der Waals surface area contributed by atoms with Crippen molar-refractivity contribution in [1.82, 2.24) is 4.98 Å². The summed E-state index contributed by atoms with van der Waals surface area (Å²) in [5.74, 6) is 0. The summed E-state index contributed by atoms with van der Waals surface area (Å²) in [6.07, 6.45) is 6.50. The Morgan fingerprint density at radius 1 is 1.50 bits per heavy atom. The highest BCUT2D eigenvalue weighted by atomic mass is 14.6. The minimum Gasteiger partial charge on any atom is -0.402 e. The first-order valence-corrected chi connectivity index (χ1v) is 3.25. The van der Waals surface area contributed by atoms with E-state index in [-0.39, 0.29) is 0 Å². The lowest BCUT2D eigenvalue weighted by atomic mass is 10.2. The van der Waals surface area contributed by atoms with Crippen molar-refractivity contribution in [2.45, 2.75) is 6.42 Å². The van der Waals surface area contributed by atoms with Crippen LogP contribution in [0.1, 0.15) is 11.1 Å². The number of allylic oxidation sites excluding steroid dienone is 1. The van der Waals surface area contributed by atoms with E-state index in [0.717, 1.165) is 12.1 Å². The molecule has 0 unspecified atom stereocenters. The third-order valence-corrected chi connectivity index (χ3v) is 1.68. The fraction of sp³-hybridized carbons (Fsp3) is 0.125. The van der Waals surface area contributed by atoms with Gasteiger partial charge in [-0.1, -0.05) is 0 Å². The molecule has 0 radical (unpaired) electrons. The zero-order chi connectivity index (χ0) is 6.97. The van der Waals surface area contributed by atoms with E-state index in [0.29, 0.717) is 0 Å². The van der Waals surface area contributed by atoms with Crippen LogP contribution in [0.3, 0.4) is 0 Å². The van der Waals surface area contributed by atoms with E-state index in [2.05, 4.69) is 4.98 Å². The van der Waals surface area contributed by atoms with Crippen molar-refractivity contribution < 1.29 is 0 Å². The molecular weight excluding hydrogens is 124 g/mol. The molecule has 1 aromatic heterocycles. The molecule has 1 aromatic rings. The van der Waals surface area contributed by atoms with Crippen LogP contribution in [-0.2, 0) is 6.42 Å². The quantitative estimate of drug-likeness (QED) is 0.570. The Morgan fingerprint density at radius 3 is 3.20 bits per heavy atom. The summed E-state index contributed by atoms with van der Waals surface area (Å²) < 4.78 is 0. The van der Waals surface area contributed by atoms with E-state index in [1.807, 2.05) is 18.3 Å². The molecule has 0 aromatic carbocycles. The SMILES string of the molecule is NC1=Cc2cnccc2C1. The molecule has 2 heteroatoms. The van der Waals surface area contributed by atoms with Crippen LogP contribution in [-0.4, -0.2) is 4.98 Å². The van der Waals surface area contributed by atoms with E-state index in [4.69, 9.17) is 5.73 Å². The second-order valence-electron chi connectivity index (χ2n) is 2.47. The number of hydrogen-bond acceptors (Lipinski definition) is 2. The van der Waals surface area contributed by atoms with Crippen LogP contribution in [0.5, 0.6) is 0 Å². The molecule has 0 saturated carbocycles. The van der Waals surface area contributed by atoms with Crippen LogP contribution in [0.2, 0.25) is 0 Å². The van der Waals surface area contributed by atoms with Gasteiger partial charge in [0.25, 0.3) is 0 Å². The first-order chi connectivity index (χ1) is 4.86. The molecule has 2 nitrogen and oxygen atoms in total. The highest BCUT2D eigenvalue weighted by molar-refractivity contribution is 5.61. The van der Waals surface area contributed by atoms with Gasteiger partial charge in [0.15, 0.2) is 0 Å². The summed E-state index contributed by atoms with van der Waals surface area (Å²) in [5.41, 5.74) is 9.00. The van der Waals surface area contributed by atoms with E-state index in [9.17, 15) is 0 Å². The molecule has 1 aliphatic carbocycles. The molecule has 2 rings (SSSR count). The number of nitrogens with zero attached hydrogens (tertiary/aromatic N) is 1. The first kappa shape index (κ1) is 5.47. The Hall–Kier alpha value is -1.31. The molecule has 0 bridgehead atoms. The van der Waals surface area contributed by atoms with Crippen LogP contribution in [0.4, 0.5) is 0 Å². The predicted molar refractivity (Wildman–Crippen MR) is 40.1 cm³/mol. The van der Waals surface area contributed by atoms with Crippen molar-refractivity contribution in [2.75, 3.05) is 0 Å². The monoisotopic (exact) mass is 132 g/mol. The topological polar surface area (TPSA) is 38.9 Å². The zero-order valence-electron chi connectivity index (χ0n) is 5.54. The maximum Gasteiger partial charge on any atom is 0.0343 e. The number of hydrogen-bond donors (Lipinski definition) is 1. The van der Waals surface area contributed by atoms with Crippen molar-refractivity contribution in [3.05, 3.63) is 35.3 Å². The third kappa shape index (κ3) is 0.692. The van der Waals surface area contributed by atoms with Crippen LogP contribution < -0.4 is 5.73 Å². The van der Waals surface area contributed by atoms with Gasteiger partial charge in [-0.2, -0.15) is 0 Å². The largest absolute Gasteiger partial charge is 0.402 e. The van der Waals surface area contributed by atoms with Gasteiger partial charge in [0, 0.05) is 24.5 Å². The van der Waals surface area contributed by atoms with Gasteiger partial charge in [0.1, 0.15) is 0 Å². The van der Waals surface area contributed by atoms with Crippen molar-refractivity contribution in [3.8, 4) is 0 Å². The van der Waals surface area contributed by atoms with Gasteiger partial charge in [0.05, 0.1) is 0 Å². The van der Waals surface area contributed by atoms with Crippen molar-refractivity contribution in [3.63, 3.8) is 0 Å². The summed E-state index contributed by atoms with van der Waals surface area (Å²) in [4.78, 5) is 3.99. The first-order valence-electron chi connectivity index (χ1n) is 3.25. The van der Waals surface area contributed by atoms with Gasteiger partial charge in [-0.3, -0.25) is 4.98 Å². The molecule has 2 N–H and O–H groups in total. The van der Waals surface area contributed by atoms with E-state index in [1.165, 1.54) is 11.1 Å². The molecule has 10 heavy (non-hydrogen) atoms. The number of fused-ring (bicyclic) bond motifs is 1.